The number of hydrogen-bond donors (Lipinski definition) is 2. The Hall–Kier alpha value is -1.88. The first-order valence-electron chi connectivity index (χ1n) is 6.81. The predicted octanol–water partition coefficient (Wildman–Crippen LogP) is 1.26. The molecule has 1 rings (SSSR count). The van der Waals surface area contributed by atoms with Gasteiger partial charge in [-0.2, -0.15) is 0 Å². The van der Waals surface area contributed by atoms with Gasteiger partial charge in [0.05, 0.1) is 0 Å². The molecule has 0 saturated heterocycles. The molecule has 20 heavy (non-hydrogen) atoms. The molecule has 0 heterocycles. The number of carbonyl (C=O) groups excluding carboxylic acids is 2. The number of rotatable bonds is 7. The summed E-state index contributed by atoms with van der Waals surface area (Å²) in [4.78, 5) is 25.2. The molecule has 0 saturated carbocycles. The maximum absolute atomic E-state index is 11.7. The van der Waals surface area contributed by atoms with Crippen molar-refractivity contribution in [1.82, 2.24) is 10.2 Å². The number of benzene rings is 1. The average molecular weight is 277 g/mol. The summed E-state index contributed by atoms with van der Waals surface area (Å²) in [5.74, 6) is -0.550. The number of carbonyl (C=O) groups is 2. The molecule has 5 heteroatoms. The molecular weight excluding hydrogens is 254 g/mol. The lowest BCUT2D eigenvalue weighted by atomic mass is 10.1. The Balaban J connectivity index is 2.33. The molecule has 0 atom stereocenters. The molecular formula is C15H23N3O2. The van der Waals surface area contributed by atoms with Crippen LogP contribution in [0.5, 0.6) is 0 Å². The van der Waals surface area contributed by atoms with E-state index in [-0.39, 0.29) is 18.2 Å². The van der Waals surface area contributed by atoms with E-state index in [1.54, 1.807) is 0 Å². The first-order chi connectivity index (χ1) is 9.51. The lowest BCUT2D eigenvalue weighted by Gasteiger charge is -2.10. The zero-order valence-electron chi connectivity index (χ0n) is 12.4. The molecule has 0 aliphatic carbocycles. The molecule has 0 aliphatic rings. The van der Waals surface area contributed by atoms with Crippen LogP contribution in [0.25, 0.3) is 0 Å². The van der Waals surface area contributed by atoms with E-state index in [9.17, 15) is 9.59 Å². The summed E-state index contributed by atoms with van der Waals surface area (Å²) in [6.45, 7) is 3.38. The second kappa shape index (κ2) is 8.32. The minimum absolute atomic E-state index is 0.150. The first-order valence-corrected chi connectivity index (χ1v) is 6.81. The van der Waals surface area contributed by atoms with Crippen molar-refractivity contribution in [1.29, 1.82) is 0 Å². The zero-order valence-corrected chi connectivity index (χ0v) is 12.4. The third kappa shape index (κ3) is 6.33. The van der Waals surface area contributed by atoms with Gasteiger partial charge in [-0.05, 0) is 38.2 Å². The SMILES string of the molecule is CCc1ccc(NC(=O)CC(=O)NCCN(C)C)cc1. The van der Waals surface area contributed by atoms with Crippen LogP contribution >= 0.6 is 0 Å². The number of hydrogen-bond acceptors (Lipinski definition) is 3. The van der Waals surface area contributed by atoms with E-state index in [4.69, 9.17) is 0 Å². The summed E-state index contributed by atoms with van der Waals surface area (Å²) in [5.41, 5.74) is 1.93. The van der Waals surface area contributed by atoms with E-state index in [0.29, 0.717) is 12.2 Å². The highest BCUT2D eigenvalue weighted by molar-refractivity contribution is 6.03. The van der Waals surface area contributed by atoms with Gasteiger partial charge >= 0.3 is 0 Å². The number of anilines is 1. The maximum atomic E-state index is 11.7. The van der Waals surface area contributed by atoms with Crippen LogP contribution in [0.3, 0.4) is 0 Å². The fraction of sp³-hybridized carbons (Fsp3) is 0.467. The number of nitrogens with one attached hydrogen (secondary N) is 2. The van der Waals surface area contributed by atoms with Crippen molar-refractivity contribution in [3.05, 3.63) is 29.8 Å². The highest BCUT2D eigenvalue weighted by Gasteiger charge is 2.09. The summed E-state index contributed by atoms with van der Waals surface area (Å²) in [6, 6.07) is 7.63. The predicted molar refractivity (Wildman–Crippen MR) is 80.6 cm³/mol. The standard InChI is InChI=1S/C15H23N3O2/c1-4-12-5-7-13(8-6-12)17-15(20)11-14(19)16-9-10-18(2)3/h5-8H,4,9-11H2,1-3H3,(H,16,19)(H,17,20). The molecule has 1 aromatic carbocycles. The summed E-state index contributed by atoms with van der Waals surface area (Å²) < 4.78 is 0. The second-order valence-corrected chi connectivity index (χ2v) is 4.93. The van der Waals surface area contributed by atoms with Crippen molar-refractivity contribution < 1.29 is 9.59 Å². The van der Waals surface area contributed by atoms with Gasteiger partial charge in [-0.25, -0.2) is 0 Å². The third-order valence-electron chi connectivity index (χ3n) is 2.85. The van der Waals surface area contributed by atoms with E-state index < -0.39 is 0 Å². The Kier molecular flexibility index (Phi) is 6.73. The third-order valence-corrected chi connectivity index (χ3v) is 2.85. The molecule has 0 aliphatic heterocycles. The van der Waals surface area contributed by atoms with Crippen molar-refractivity contribution in [2.24, 2.45) is 0 Å². The minimum Gasteiger partial charge on any atom is -0.354 e. The van der Waals surface area contributed by atoms with Crippen molar-refractivity contribution in [3.8, 4) is 0 Å². The van der Waals surface area contributed by atoms with Crippen LogP contribution in [0.2, 0.25) is 0 Å². The average Bonchev–Trinajstić information content (AvgIpc) is 2.38. The molecule has 0 unspecified atom stereocenters. The van der Waals surface area contributed by atoms with Crippen LogP contribution in [0.15, 0.2) is 24.3 Å². The number of amides is 2. The maximum Gasteiger partial charge on any atom is 0.233 e. The van der Waals surface area contributed by atoms with Crippen LogP contribution in [0.4, 0.5) is 5.69 Å². The lowest BCUT2D eigenvalue weighted by Crippen LogP contribution is -2.33. The van der Waals surface area contributed by atoms with E-state index in [0.717, 1.165) is 13.0 Å². The Labute approximate surface area is 120 Å². The number of likely N-dealkylation sites (N-methyl/N-ethyl adjacent to an activating group) is 1. The summed E-state index contributed by atoms with van der Waals surface area (Å²) in [5, 5.41) is 5.42. The molecule has 2 amide bonds. The van der Waals surface area contributed by atoms with Gasteiger partial charge in [-0.3, -0.25) is 9.59 Å². The van der Waals surface area contributed by atoms with Gasteiger partial charge in [-0.15, -0.1) is 0 Å². The van der Waals surface area contributed by atoms with E-state index in [1.165, 1.54) is 5.56 Å². The molecule has 2 N–H and O–H groups in total. The fourth-order valence-corrected chi connectivity index (χ4v) is 1.66. The van der Waals surface area contributed by atoms with Gasteiger partial charge in [-0.1, -0.05) is 19.1 Å². The van der Waals surface area contributed by atoms with Crippen LogP contribution < -0.4 is 10.6 Å². The summed E-state index contributed by atoms with van der Waals surface area (Å²) in [7, 11) is 3.86. The fourth-order valence-electron chi connectivity index (χ4n) is 1.66. The van der Waals surface area contributed by atoms with Crippen LogP contribution in [-0.4, -0.2) is 43.9 Å². The topological polar surface area (TPSA) is 61.4 Å². The Morgan fingerprint density at radius 3 is 2.30 bits per heavy atom. The molecule has 5 nitrogen and oxygen atoms in total. The second-order valence-electron chi connectivity index (χ2n) is 4.93. The molecule has 0 bridgehead atoms. The first kappa shape index (κ1) is 16.2. The molecule has 110 valence electrons. The van der Waals surface area contributed by atoms with Gasteiger partial charge in [0.15, 0.2) is 0 Å². The zero-order chi connectivity index (χ0) is 15.0. The molecule has 0 aromatic heterocycles. The number of nitrogens with zero attached hydrogens (tertiary/aromatic N) is 1. The monoisotopic (exact) mass is 277 g/mol. The highest BCUT2D eigenvalue weighted by atomic mass is 16.2. The van der Waals surface area contributed by atoms with Gasteiger partial charge < -0.3 is 15.5 Å². The van der Waals surface area contributed by atoms with Gasteiger partial charge in [0, 0.05) is 18.8 Å². The van der Waals surface area contributed by atoms with Crippen molar-refractivity contribution in [3.63, 3.8) is 0 Å². The van der Waals surface area contributed by atoms with Gasteiger partial charge in [0.2, 0.25) is 11.8 Å². The van der Waals surface area contributed by atoms with Crippen molar-refractivity contribution in [2.45, 2.75) is 19.8 Å². The van der Waals surface area contributed by atoms with E-state index >= 15 is 0 Å². The Morgan fingerprint density at radius 1 is 1.10 bits per heavy atom. The van der Waals surface area contributed by atoms with Crippen LogP contribution in [-0.2, 0) is 16.0 Å². The summed E-state index contributed by atoms with van der Waals surface area (Å²) in [6.07, 6.45) is 0.811. The van der Waals surface area contributed by atoms with Crippen molar-refractivity contribution in [2.75, 3.05) is 32.5 Å². The van der Waals surface area contributed by atoms with Crippen molar-refractivity contribution >= 4 is 17.5 Å². The molecule has 0 spiro atoms. The van der Waals surface area contributed by atoms with Crippen LogP contribution in [0.1, 0.15) is 18.9 Å². The van der Waals surface area contributed by atoms with E-state index in [2.05, 4.69) is 17.6 Å². The number of aryl methyl sites for hydroxylation is 1. The quantitative estimate of drug-likeness (QED) is 0.738. The minimum atomic E-state index is -0.295. The molecule has 0 radical (unpaired) electrons. The van der Waals surface area contributed by atoms with Gasteiger partial charge in [0.25, 0.3) is 0 Å². The van der Waals surface area contributed by atoms with Gasteiger partial charge in [0.1, 0.15) is 6.42 Å². The normalized spacial score (nSPS) is 10.4. The van der Waals surface area contributed by atoms with Crippen LogP contribution in [0, 0.1) is 0 Å². The molecule has 0 fully saturated rings. The Bertz CT molecular complexity index is 441. The highest BCUT2D eigenvalue weighted by Crippen LogP contribution is 2.10. The largest absolute Gasteiger partial charge is 0.354 e. The smallest absolute Gasteiger partial charge is 0.233 e. The summed E-state index contributed by atoms with van der Waals surface area (Å²) >= 11 is 0. The van der Waals surface area contributed by atoms with E-state index in [1.807, 2.05) is 43.3 Å². The lowest BCUT2D eigenvalue weighted by molar-refractivity contribution is -0.126. The molecule has 1 aromatic rings. The Morgan fingerprint density at radius 2 is 1.75 bits per heavy atom.